The van der Waals surface area contributed by atoms with Crippen molar-refractivity contribution in [3.05, 3.63) is 47.1 Å². The van der Waals surface area contributed by atoms with Gasteiger partial charge in [0.05, 0.1) is 5.75 Å². The molecule has 0 bridgehead atoms. The number of anilines is 1. The summed E-state index contributed by atoms with van der Waals surface area (Å²) < 4.78 is 0. The van der Waals surface area contributed by atoms with Crippen LogP contribution in [0.5, 0.6) is 0 Å². The van der Waals surface area contributed by atoms with Gasteiger partial charge in [0.25, 0.3) is 0 Å². The summed E-state index contributed by atoms with van der Waals surface area (Å²) in [6.45, 7) is 8.20. The molecule has 31 heavy (non-hydrogen) atoms. The number of halogens is 1. The van der Waals surface area contributed by atoms with Crippen molar-refractivity contribution in [3.63, 3.8) is 0 Å². The molecular weight excluding hydrogens is 430 g/mol. The van der Waals surface area contributed by atoms with E-state index in [0.717, 1.165) is 43.9 Å². The quantitative estimate of drug-likeness (QED) is 0.248. The summed E-state index contributed by atoms with van der Waals surface area (Å²) in [7, 11) is 4.03. The Morgan fingerprint density at radius 1 is 1.00 bits per heavy atom. The molecule has 0 spiro atoms. The van der Waals surface area contributed by atoms with Crippen molar-refractivity contribution in [2.45, 2.75) is 38.4 Å². The van der Waals surface area contributed by atoms with Crippen LogP contribution in [0.15, 0.2) is 41.6 Å². The van der Waals surface area contributed by atoms with Crippen molar-refractivity contribution in [1.82, 2.24) is 19.8 Å². The zero-order valence-corrected chi connectivity index (χ0v) is 20.6. The van der Waals surface area contributed by atoms with Gasteiger partial charge in [0.2, 0.25) is 5.91 Å². The minimum absolute atomic E-state index is 0.0693. The molecule has 0 saturated heterocycles. The Hall–Kier alpha value is -1.83. The Balaban J connectivity index is 2.08. The lowest BCUT2D eigenvalue weighted by molar-refractivity contribution is -0.129. The van der Waals surface area contributed by atoms with Gasteiger partial charge in [-0.1, -0.05) is 67.5 Å². The summed E-state index contributed by atoms with van der Waals surface area (Å²) >= 11 is 7.62. The zero-order chi connectivity index (χ0) is 22.6. The van der Waals surface area contributed by atoms with E-state index in [-0.39, 0.29) is 11.7 Å². The van der Waals surface area contributed by atoms with Gasteiger partial charge >= 0.3 is 0 Å². The molecule has 0 N–H and O–H groups in total. The van der Waals surface area contributed by atoms with Gasteiger partial charge in [-0.2, -0.15) is 0 Å². The van der Waals surface area contributed by atoms with Crippen molar-refractivity contribution in [1.29, 1.82) is 0 Å². The molecular formula is C23H34ClN5OS. The van der Waals surface area contributed by atoms with Crippen LogP contribution in [-0.2, 0) is 11.3 Å². The molecule has 170 valence electrons. The second kappa shape index (κ2) is 13.6. The van der Waals surface area contributed by atoms with Crippen LogP contribution in [0.3, 0.4) is 0 Å². The van der Waals surface area contributed by atoms with Crippen LogP contribution in [0.25, 0.3) is 0 Å². The summed E-state index contributed by atoms with van der Waals surface area (Å²) in [6, 6.07) is 11.9. The summed E-state index contributed by atoms with van der Waals surface area (Å²) in [4.78, 5) is 28.2. The maximum absolute atomic E-state index is 13.0. The van der Waals surface area contributed by atoms with Crippen molar-refractivity contribution in [3.8, 4) is 0 Å². The predicted molar refractivity (Wildman–Crippen MR) is 131 cm³/mol. The summed E-state index contributed by atoms with van der Waals surface area (Å²) in [5.41, 5.74) is 1.12. The third kappa shape index (κ3) is 9.05. The predicted octanol–water partition coefficient (Wildman–Crippen LogP) is 4.44. The fourth-order valence-corrected chi connectivity index (χ4v) is 4.11. The maximum Gasteiger partial charge on any atom is 0.233 e. The number of aromatic nitrogens is 2. The number of hydrogen-bond acceptors (Lipinski definition) is 6. The van der Waals surface area contributed by atoms with Crippen LogP contribution in [0.1, 0.15) is 32.3 Å². The topological polar surface area (TPSA) is 52.6 Å². The molecule has 0 radical (unpaired) electrons. The molecule has 1 aromatic heterocycles. The maximum atomic E-state index is 13.0. The first-order chi connectivity index (χ1) is 14.9. The Kier molecular flexibility index (Phi) is 11.1. The van der Waals surface area contributed by atoms with Gasteiger partial charge in [0.1, 0.15) is 11.0 Å². The van der Waals surface area contributed by atoms with E-state index in [1.807, 2.05) is 49.3 Å². The van der Waals surface area contributed by atoms with Gasteiger partial charge in [0, 0.05) is 38.8 Å². The Morgan fingerprint density at radius 3 is 2.29 bits per heavy atom. The highest BCUT2D eigenvalue weighted by Gasteiger charge is 2.17. The van der Waals surface area contributed by atoms with E-state index in [1.54, 1.807) is 6.07 Å². The molecule has 8 heteroatoms. The van der Waals surface area contributed by atoms with Gasteiger partial charge in [-0.25, -0.2) is 9.97 Å². The van der Waals surface area contributed by atoms with E-state index in [4.69, 9.17) is 11.6 Å². The third-order valence-corrected chi connectivity index (χ3v) is 5.71. The van der Waals surface area contributed by atoms with Crippen LogP contribution >= 0.6 is 23.4 Å². The van der Waals surface area contributed by atoms with Crippen LogP contribution in [0.2, 0.25) is 5.15 Å². The number of hydrogen-bond donors (Lipinski definition) is 0. The molecule has 0 aliphatic carbocycles. The molecule has 0 aliphatic rings. The lowest BCUT2D eigenvalue weighted by Gasteiger charge is -2.25. The zero-order valence-electron chi connectivity index (χ0n) is 19.1. The van der Waals surface area contributed by atoms with E-state index in [9.17, 15) is 4.79 Å². The molecule has 2 rings (SSSR count). The molecule has 1 aromatic carbocycles. The fraction of sp³-hybridized carbons (Fsp3) is 0.522. The van der Waals surface area contributed by atoms with E-state index < -0.39 is 0 Å². The van der Waals surface area contributed by atoms with Crippen LogP contribution < -0.4 is 4.90 Å². The average molecular weight is 464 g/mol. The third-order valence-electron chi connectivity index (χ3n) is 4.68. The number of benzene rings is 1. The van der Waals surface area contributed by atoms with Crippen LogP contribution in [0, 0.1) is 0 Å². The summed E-state index contributed by atoms with van der Waals surface area (Å²) in [5, 5.41) is 0.950. The highest BCUT2D eigenvalue weighted by molar-refractivity contribution is 7.99. The highest BCUT2D eigenvalue weighted by atomic mass is 35.5. The van der Waals surface area contributed by atoms with Gasteiger partial charge in [-0.05, 0) is 32.5 Å². The molecule has 1 heterocycles. The van der Waals surface area contributed by atoms with Crippen LogP contribution in [0.4, 0.5) is 5.82 Å². The second-order valence-corrected chi connectivity index (χ2v) is 9.04. The van der Waals surface area contributed by atoms with E-state index in [0.29, 0.717) is 23.4 Å². The fourth-order valence-electron chi connectivity index (χ4n) is 3.13. The standard InChI is InChI=1S/C23H34ClN5OS/c1-5-12-28(13-6-2)21-16-20(24)25-23(26-21)31-18-22(30)29(15-14-27(3)4)17-19-10-8-7-9-11-19/h7-11,16H,5-6,12-15,17-18H2,1-4H3. The molecule has 0 saturated carbocycles. The highest BCUT2D eigenvalue weighted by Crippen LogP contribution is 2.23. The van der Waals surface area contributed by atoms with E-state index in [1.165, 1.54) is 11.8 Å². The first kappa shape index (κ1) is 25.4. The largest absolute Gasteiger partial charge is 0.356 e. The number of thioether (sulfide) groups is 1. The van der Waals surface area contributed by atoms with E-state index >= 15 is 0 Å². The molecule has 1 amide bonds. The summed E-state index contributed by atoms with van der Waals surface area (Å²) in [5.74, 6) is 1.17. The first-order valence-electron chi connectivity index (χ1n) is 10.8. The van der Waals surface area contributed by atoms with Crippen LogP contribution in [-0.4, -0.2) is 71.7 Å². The number of nitrogens with zero attached hydrogens (tertiary/aromatic N) is 5. The molecule has 0 unspecified atom stereocenters. The van der Waals surface area contributed by atoms with Crippen molar-refractivity contribution in [2.75, 3.05) is 50.9 Å². The number of likely N-dealkylation sites (N-methyl/N-ethyl adjacent to an activating group) is 1. The van der Waals surface area contributed by atoms with Crippen molar-refractivity contribution in [2.24, 2.45) is 0 Å². The number of amides is 1. The minimum atomic E-state index is 0.0693. The Morgan fingerprint density at radius 2 is 1.68 bits per heavy atom. The van der Waals surface area contributed by atoms with Crippen molar-refractivity contribution >= 4 is 35.1 Å². The van der Waals surface area contributed by atoms with Gasteiger partial charge < -0.3 is 14.7 Å². The Labute approximate surface area is 196 Å². The van der Waals surface area contributed by atoms with Gasteiger partial charge in [-0.3, -0.25) is 4.79 Å². The van der Waals surface area contributed by atoms with Gasteiger partial charge in [-0.15, -0.1) is 0 Å². The number of rotatable bonds is 13. The molecule has 0 aliphatic heterocycles. The molecule has 0 fully saturated rings. The number of carbonyl (C=O) groups is 1. The molecule has 0 atom stereocenters. The first-order valence-corrected chi connectivity index (χ1v) is 12.2. The SMILES string of the molecule is CCCN(CCC)c1cc(Cl)nc(SCC(=O)N(CCN(C)C)Cc2ccccc2)n1. The summed E-state index contributed by atoms with van der Waals surface area (Å²) in [6.07, 6.45) is 2.06. The molecule has 2 aromatic rings. The minimum Gasteiger partial charge on any atom is -0.356 e. The second-order valence-electron chi connectivity index (χ2n) is 7.71. The van der Waals surface area contributed by atoms with Gasteiger partial charge in [0.15, 0.2) is 5.16 Å². The Bertz CT molecular complexity index is 800. The lowest BCUT2D eigenvalue weighted by Crippen LogP contribution is -2.37. The monoisotopic (exact) mass is 463 g/mol. The number of carbonyl (C=O) groups excluding carboxylic acids is 1. The normalized spacial score (nSPS) is 11.0. The average Bonchev–Trinajstić information content (AvgIpc) is 2.75. The van der Waals surface area contributed by atoms with E-state index in [2.05, 4.69) is 33.6 Å². The lowest BCUT2D eigenvalue weighted by atomic mass is 10.2. The van der Waals surface area contributed by atoms with Crippen molar-refractivity contribution < 1.29 is 4.79 Å². The smallest absolute Gasteiger partial charge is 0.233 e. The molecule has 6 nitrogen and oxygen atoms in total.